The topological polar surface area (TPSA) is 128 Å². The van der Waals surface area contributed by atoms with Gasteiger partial charge in [-0.2, -0.15) is 0 Å². The Morgan fingerprint density at radius 2 is 0.822 bits per heavy atom. The Labute approximate surface area is 453 Å². The first-order chi connectivity index (χ1) is 35.4. The monoisotopic (exact) mass is 1050 g/mol. The molecule has 4 unspecified atom stereocenters. The largest absolute Gasteiger partial charge is 0.756 e. The molecule has 0 heterocycles. The number of carbonyl (C=O) groups is 1. The number of allylic oxidation sites excluding steroid dienone is 6. The lowest BCUT2D eigenvalue weighted by Gasteiger charge is -2.31. The molecular formula is C63H123N2O7P. The maximum absolute atomic E-state index is 13.0. The summed E-state index contributed by atoms with van der Waals surface area (Å²) in [5.41, 5.74) is 0. The number of hydrogen-bond donors (Lipinski definition) is 3. The van der Waals surface area contributed by atoms with Gasteiger partial charge in [0.1, 0.15) is 19.3 Å². The standard InChI is InChI=1S/C63H123N2O7P/c1-6-8-10-12-14-16-18-20-21-22-23-24-25-26-27-28-29-30-31-32-33-34-35-36-37-38-39-40-41-42-43-44-46-48-50-52-54-56-62(67)64-60(59-72-73(69,70)71-58-57-65(3,4)5)63(68)61(66)55-53-51-49-47-45-19-17-15-13-11-9-7-2/h18,20,22-23,47,49,60-61,63,66,68H,6-17,19,21,24-46,48,50-59H2,1-5H3,(H-,64,67,69,70)/b20-18-,23-22-,49-47+. The molecule has 0 spiro atoms. The molecule has 0 aliphatic rings. The molecule has 432 valence electrons. The van der Waals surface area contributed by atoms with Gasteiger partial charge in [0.25, 0.3) is 7.82 Å². The molecule has 10 heteroatoms. The number of amides is 1. The van der Waals surface area contributed by atoms with E-state index < -0.39 is 32.7 Å². The Hall–Kier alpha value is -1.32. The molecule has 73 heavy (non-hydrogen) atoms. The Bertz CT molecular complexity index is 1300. The Kier molecular flexibility index (Phi) is 53.1. The van der Waals surface area contributed by atoms with Crippen LogP contribution in [0.1, 0.15) is 303 Å². The van der Waals surface area contributed by atoms with Crippen molar-refractivity contribution < 1.29 is 38.0 Å². The quantitative estimate of drug-likeness (QED) is 0.0239. The number of rotatable bonds is 58. The summed E-state index contributed by atoms with van der Waals surface area (Å²) < 4.78 is 23.3. The first-order valence-electron chi connectivity index (χ1n) is 31.4. The summed E-state index contributed by atoms with van der Waals surface area (Å²) in [6.07, 6.45) is 66.8. The number of nitrogens with zero attached hydrogens (tertiary/aromatic N) is 1. The van der Waals surface area contributed by atoms with Crippen molar-refractivity contribution in [3.63, 3.8) is 0 Å². The summed E-state index contributed by atoms with van der Waals surface area (Å²) >= 11 is 0. The predicted molar refractivity (Wildman–Crippen MR) is 313 cm³/mol. The molecule has 3 N–H and O–H groups in total. The summed E-state index contributed by atoms with van der Waals surface area (Å²) in [7, 11) is 1.12. The average molecular weight is 1050 g/mol. The third-order valence-corrected chi connectivity index (χ3v) is 15.4. The summed E-state index contributed by atoms with van der Waals surface area (Å²) in [5.74, 6) is -0.283. The molecule has 0 aromatic carbocycles. The molecule has 1 amide bonds. The number of quaternary nitrogens is 1. The van der Waals surface area contributed by atoms with E-state index in [2.05, 4.69) is 55.6 Å². The molecule has 0 aromatic rings. The van der Waals surface area contributed by atoms with Crippen molar-refractivity contribution in [1.29, 1.82) is 0 Å². The second-order valence-electron chi connectivity index (χ2n) is 22.9. The molecule has 0 rings (SSSR count). The van der Waals surface area contributed by atoms with Gasteiger partial charge in [0.15, 0.2) is 0 Å². The second kappa shape index (κ2) is 54.1. The molecule has 0 saturated heterocycles. The van der Waals surface area contributed by atoms with E-state index in [4.69, 9.17) is 9.05 Å². The minimum absolute atomic E-state index is 0.0443. The van der Waals surface area contributed by atoms with E-state index >= 15 is 0 Å². The maximum atomic E-state index is 13.0. The van der Waals surface area contributed by atoms with Crippen molar-refractivity contribution in [2.45, 2.75) is 321 Å². The lowest BCUT2D eigenvalue weighted by atomic mass is 10.0. The zero-order chi connectivity index (χ0) is 53.6. The van der Waals surface area contributed by atoms with Gasteiger partial charge in [-0.15, -0.1) is 0 Å². The van der Waals surface area contributed by atoms with E-state index in [1.54, 1.807) is 0 Å². The van der Waals surface area contributed by atoms with Crippen molar-refractivity contribution in [2.24, 2.45) is 0 Å². The highest BCUT2D eigenvalue weighted by Crippen LogP contribution is 2.38. The molecule has 0 aliphatic heterocycles. The minimum Gasteiger partial charge on any atom is -0.756 e. The summed E-state index contributed by atoms with van der Waals surface area (Å²) in [6.45, 7) is 4.43. The lowest BCUT2D eigenvalue weighted by Crippen LogP contribution is -2.51. The average Bonchev–Trinajstić information content (AvgIpc) is 3.35. The van der Waals surface area contributed by atoms with Gasteiger partial charge >= 0.3 is 0 Å². The zero-order valence-corrected chi connectivity index (χ0v) is 49.9. The van der Waals surface area contributed by atoms with Crippen molar-refractivity contribution in [3.05, 3.63) is 36.5 Å². The molecule has 9 nitrogen and oxygen atoms in total. The van der Waals surface area contributed by atoms with Crippen LogP contribution in [0.4, 0.5) is 0 Å². The van der Waals surface area contributed by atoms with Gasteiger partial charge in [0.2, 0.25) is 5.91 Å². The van der Waals surface area contributed by atoms with Crippen LogP contribution in [-0.2, 0) is 18.4 Å². The highest BCUT2D eigenvalue weighted by Gasteiger charge is 2.29. The number of carbonyl (C=O) groups excluding carboxylic acids is 1. The fourth-order valence-electron chi connectivity index (χ4n) is 9.46. The molecule has 0 saturated carbocycles. The van der Waals surface area contributed by atoms with Crippen LogP contribution in [0.3, 0.4) is 0 Å². The van der Waals surface area contributed by atoms with Crippen molar-refractivity contribution in [2.75, 3.05) is 40.9 Å². The molecule has 0 aromatic heterocycles. The fourth-order valence-corrected chi connectivity index (χ4v) is 10.2. The molecule has 0 bridgehead atoms. The number of likely N-dealkylation sites (N-methyl/N-ethyl adjacent to an activating group) is 1. The number of aliphatic hydroxyl groups excluding tert-OH is 2. The van der Waals surface area contributed by atoms with Crippen LogP contribution in [0.5, 0.6) is 0 Å². The van der Waals surface area contributed by atoms with Gasteiger partial charge in [0, 0.05) is 6.42 Å². The van der Waals surface area contributed by atoms with Gasteiger partial charge in [-0.25, -0.2) is 0 Å². The van der Waals surface area contributed by atoms with Crippen LogP contribution >= 0.6 is 7.82 Å². The van der Waals surface area contributed by atoms with Crippen LogP contribution in [0.25, 0.3) is 0 Å². The number of hydrogen-bond acceptors (Lipinski definition) is 7. The van der Waals surface area contributed by atoms with Crippen molar-refractivity contribution in [1.82, 2.24) is 5.32 Å². The first-order valence-corrected chi connectivity index (χ1v) is 32.9. The fraction of sp³-hybridized carbons (Fsp3) is 0.889. The molecule has 0 fully saturated rings. The number of unbranched alkanes of at least 4 members (excludes halogenated alkanes) is 38. The van der Waals surface area contributed by atoms with Gasteiger partial charge in [0.05, 0.1) is 39.9 Å². The highest BCUT2D eigenvalue weighted by atomic mass is 31.2. The van der Waals surface area contributed by atoms with E-state index in [-0.39, 0.29) is 18.9 Å². The number of phosphoric ester groups is 1. The predicted octanol–water partition coefficient (Wildman–Crippen LogP) is 17.7. The summed E-state index contributed by atoms with van der Waals surface area (Å²) in [5, 5.41) is 24.7. The van der Waals surface area contributed by atoms with Gasteiger partial charge in [-0.1, -0.05) is 262 Å². The van der Waals surface area contributed by atoms with Gasteiger partial charge in [-0.3, -0.25) is 9.36 Å². The Balaban J connectivity index is 3.96. The lowest BCUT2D eigenvalue weighted by molar-refractivity contribution is -0.870. The minimum atomic E-state index is -4.68. The van der Waals surface area contributed by atoms with Crippen molar-refractivity contribution in [3.8, 4) is 0 Å². The molecular weight excluding hydrogens is 928 g/mol. The van der Waals surface area contributed by atoms with E-state index in [1.165, 1.54) is 231 Å². The van der Waals surface area contributed by atoms with Crippen molar-refractivity contribution >= 4 is 13.7 Å². The number of aliphatic hydroxyl groups is 2. The van der Waals surface area contributed by atoms with E-state index in [0.717, 1.165) is 32.1 Å². The summed E-state index contributed by atoms with van der Waals surface area (Å²) in [4.78, 5) is 25.5. The normalized spacial score (nSPS) is 14.5. The number of phosphoric acid groups is 1. The Morgan fingerprint density at radius 3 is 1.19 bits per heavy atom. The van der Waals surface area contributed by atoms with E-state index in [1.807, 2.05) is 21.1 Å². The third kappa shape index (κ3) is 55.3. The van der Waals surface area contributed by atoms with Crippen LogP contribution in [0.2, 0.25) is 0 Å². The van der Waals surface area contributed by atoms with Crippen LogP contribution < -0.4 is 10.2 Å². The Morgan fingerprint density at radius 1 is 0.493 bits per heavy atom. The van der Waals surface area contributed by atoms with E-state index in [9.17, 15) is 24.5 Å². The third-order valence-electron chi connectivity index (χ3n) is 14.4. The number of nitrogens with one attached hydrogen (secondary N) is 1. The molecule has 4 atom stereocenters. The smallest absolute Gasteiger partial charge is 0.268 e. The SMILES string of the molecule is CCCCCCC/C=C\C/C=C\CCCCCCCCCCCCCCCCCCCCCCCCCCCC(=O)NC(COP(=O)([O-])OCC[N+](C)(C)C)C(O)C(O)CCC/C=C/CCCCCCCCC. The first kappa shape index (κ1) is 71.7. The molecule has 0 aliphatic carbocycles. The van der Waals surface area contributed by atoms with Gasteiger partial charge < -0.3 is 34.0 Å². The van der Waals surface area contributed by atoms with Crippen LogP contribution in [0, 0.1) is 0 Å². The molecule has 0 radical (unpaired) electrons. The second-order valence-corrected chi connectivity index (χ2v) is 24.3. The summed E-state index contributed by atoms with van der Waals surface area (Å²) in [6, 6.07) is -1.09. The maximum Gasteiger partial charge on any atom is 0.268 e. The van der Waals surface area contributed by atoms with Crippen LogP contribution in [-0.4, -0.2) is 79.8 Å². The van der Waals surface area contributed by atoms with E-state index in [0.29, 0.717) is 30.3 Å². The van der Waals surface area contributed by atoms with Gasteiger partial charge in [-0.05, 0) is 70.6 Å². The highest BCUT2D eigenvalue weighted by molar-refractivity contribution is 7.45. The zero-order valence-electron chi connectivity index (χ0n) is 49.0. The van der Waals surface area contributed by atoms with Crippen LogP contribution in [0.15, 0.2) is 36.5 Å².